The molecule has 180 valence electrons. The summed E-state index contributed by atoms with van der Waals surface area (Å²) >= 11 is 1.20. The summed E-state index contributed by atoms with van der Waals surface area (Å²) < 4.78 is 32.4. The summed E-state index contributed by atoms with van der Waals surface area (Å²) in [6, 6.07) is 21.0. The van der Waals surface area contributed by atoms with Crippen molar-refractivity contribution < 1.29 is 17.9 Å². The smallest absolute Gasteiger partial charge is 0.337 e. The predicted octanol–water partition coefficient (Wildman–Crippen LogP) is 5.08. The lowest BCUT2D eigenvalue weighted by atomic mass is 10.0. The molecule has 36 heavy (non-hydrogen) atoms. The third-order valence-corrected chi connectivity index (χ3v) is 7.52. The number of anilines is 3. The quantitative estimate of drug-likeness (QED) is 0.286. The van der Waals surface area contributed by atoms with Crippen LogP contribution in [0.1, 0.15) is 10.4 Å². The zero-order chi connectivity index (χ0) is 25.1. The monoisotopic (exact) mass is 517 g/mol. The summed E-state index contributed by atoms with van der Waals surface area (Å²) in [4.78, 5) is 15.8. The molecule has 11 heteroatoms. The number of nitrogens with one attached hydrogen (secondary N) is 2. The Bertz CT molecular complexity index is 1640. The van der Waals surface area contributed by atoms with E-state index in [1.165, 1.54) is 36.8 Å². The lowest BCUT2D eigenvalue weighted by molar-refractivity contribution is 0.0600. The van der Waals surface area contributed by atoms with Crippen LogP contribution in [0.4, 0.5) is 16.6 Å². The summed E-state index contributed by atoms with van der Waals surface area (Å²) in [6.07, 6.45) is 1.53. The van der Waals surface area contributed by atoms with E-state index in [1.807, 2.05) is 24.3 Å². The molecule has 0 atom stereocenters. The summed E-state index contributed by atoms with van der Waals surface area (Å²) in [6.45, 7) is 0. The van der Waals surface area contributed by atoms with Gasteiger partial charge in [0, 0.05) is 33.6 Å². The first-order chi connectivity index (χ1) is 17.4. The van der Waals surface area contributed by atoms with E-state index in [2.05, 4.69) is 25.2 Å². The molecule has 3 aromatic carbocycles. The minimum absolute atomic E-state index is 0.116. The van der Waals surface area contributed by atoms with Gasteiger partial charge < -0.3 is 10.1 Å². The normalized spacial score (nSPS) is 11.2. The minimum Gasteiger partial charge on any atom is -0.465 e. The molecule has 0 amide bonds. The molecule has 0 aliphatic carbocycles. The van der Waals surface area contributed by atoms with E-state index < -0.39 is 16.0 Å². The second kappa shape index (κ2) is 9.72. The van der Waals surface area contributed by atoms with Crippen LogP contribution in [0.25, 0.3) is 22.0 Å². The molecular weight excluding hydrogens is 498 g/mol. The highest BCUT2D eigenvalue weighted by Crippen LogP contribution is 2.31. The van der Waals surface area contributed by atoms with Gasteiger partial charge in [-0.15, -0.1) is 21.5 Å². The van der Waals surface area contributed by atoms with Gasteiger partial charge >= 0.3 is 5.97 Å². The fourth-order valence-corrected chi connectivity index (χ4v) is 5.38. The summed E-state index contributed by atoms with van der Waals surface area (Å²) in [7, 11) is -2.40. The Morgan fingerprint density at radius 2 is 1.64 bits per heavy atom. The van der Waals surface area contributed by atoms with E-state index in [1.54, 1.807) is 41.8 Å². The lowest BCUT2D eigenvalue weighted by Gasteiger charge is -2.12. The van der Waals surface area contributed by atoms with E-state index in [-0.39, 0.29) is 4.90 Å². The maximum absolute atomic E-state index is 12.6. The first-order valence-corrected chi connectivity index (χ1v) is 13.0. The molecule has 5 rings (SSSR count). The van der Waals surface area contributed by atoms with Crippen LogP contribution in [0.2, 0.25) is 0 Å². The number of nitrogens with zero attached hydrogens (tertiary/aromatic N) is 3. The second-order valence-electron chi connectivity index (χ2n) is 7.60. The van der Waals surface area contributed by atoms with Gasteiger partial charge in [-0.3, -0.25) is 4.72 Å². The van der Waals surface area contributed by atoms with Gasteiger partial charge in [-0.25, -0.2) is 18.2 Å². The molecule has 0 bridgehead atoms. The highest BCUT2D eigenvalue weighted by Gasteiger charge is 2.16. The largest absolute Gasteiger partial charge is 0.465 e. The maximum Gasteiger partial charge on any atom is 0.337 e. The van der Waals surface area contributed by atoms with Crippen LogP contribution in [0, 0.1) is 0 Å². The van der Waals surface area contributed by atoms with E-state index in [4.69, 9.17) is 4.74 Å². The fourth-order valence-electron chi connectivity index (χ4n) is 3.59. The zero-order valence-corrected chi connectivity index (χ0v) is 20.5. The van der Waals surface area contributed by atoms with Crippen molar-refractivity contribution in [2.24, 2.45) is 0 Å². The Morgan fingerprint density at radius 1 is 0.917 bits per heavy atom. The molecule has 0 unspecified atom stereocenters. The van der Waals surface area contributed by atoms with E-state index in [9.17, 15) is 13.2 Å². The highest BCUT2D eigenvalue weighted by molar-refractivity contribution is 7.93. The lowest BCUT2D eigenvalue weighted by Crippen LogP contribution is -2.12. The third kappa shape index (κ3) is 4.74. The van der Waals surface area contributed by atoms with Crippen molar-refractivity contribution in [2.75, 3.05) is 17.1 Å². The number of rotatable bonds is 7. The SMILES string of the molecule is COC(=O)c1ccc(-c2nnc(Nc3ccc(S(=O)(=O)Nc4nccs4)cc3)c3ccccc23)cc1. The fraction of sp³-hybridized carbons (Fsp3) is 0.0400. The van der Waals surface area contributed by atoms with Gasteiger partial charge in [-0.1, -0.05) is 36.4 Å². The molecular formula is C25H19N5O4S2. The van der Waals surface area contributed by atoms with Gasteiger partial charge in [-0.2, -0.15) is 0 Å². The Labute approximate surface area is 210 Å². The molecule has 0 radical (unpaired) electrons. The molecule has 0 spiro atoms. The number of benzene rings is 3. The Kier molecular flexibility index (Phi) is 6.32. The number of carbonyl (C=O) groups excluding carboxylic acids is 1. The van der Waals surface area contributed by atoms with Crippen LogP contribution in [0.15, 0.2) is 89.3 Å². The number of hydrogen-bond acceptors (Lipinski definition) is 9. The molecule has 0 saturated heterocycles. The number of thiazole rings is 1. The Morgan fingerprint density at radius 3 is 2.31 bits per heavy atom. The van der Waals surface area contributed by atoms with Gasteiger partial charge in [0.1, 0.15) is 5.69 Å². The summed E-state index contributed by atoms with van der Waals surface area (Å²) in [5.74, 6) is 0.117. The van der Waals surface area contributed by atoms with Crippen molar-refractivity contribution in [3.63, 3.8) is 0 Å². The number of fused-ring (bicyclic) bond motifs is 1. The van der Waals surface area contributed by atoms with Gasteiger partial charge in [0.25, 0.3) is 10.0 Å². The number of ether oxygens (including phenoxy) is 1. The molecule has 0 fully saturated rings. The molecule has 2 heterocycles. The average Bonchev–Trinajstić information content (AvgIpc) is 3.41. The standard InChI is InChI=1S/C25H19N5O4S2/c1-34-24(31)17-8-6-16(7-9-17)22-20-4-2-3-5-21(20)23(29-28-22)27-18-10-12-19(13-11-18)36(32,33)30-25-26-14-15-35-25/h2-15H,1H3,(H,26,30)(H,27,29). The molecule has 0 aliphatic heterocycles. The second-order valence-corrected chi connectivity index (χ2v) is 10.2. The van der Waals surface area contributed by atoms with Crippen molar-refractivity contribution in [1.82, 2.24) is 15.2 Å². The van der Waals surface area contributed by atoms with Gasteiger partial charge in [-0.05, 0) is 36.4 Å². The van der Waals surface area contributed by atoms with E-state index in [0.717, 1.165) is 16.3 Å². The molecule has 2 aromatic heterocycles. The highest BCUT2D eigenvalue weighted by atomic mass is 32.2. The van der Waals surface area contributed by atoms with Crippen molar-refractivity contribution in [3.05, 3.63) is 89.9 Å². The van der Waals surface area contributed by atoms with Crippen LogP contribution < -0.4 is 10.0 Å². The number of aromatic nitrogens is 3. The summed E-state index contributed by atoms with van der Waals surface area (Å²) in [5, 5.41) is 15.7. The van der Waals surface area contributed by atoms with Crippen molar-refractivity contribution in [3.8, 4) is 11.3 Å². The third-order valence-electron chi connectivity index (χ3n) is 5.35. The first kappa shape index (κ1) is 23.4. The van der Waals surface area contributed by atoms with Crippen molar-refractivity contribution in [1.29, 1.82) is 0 Å². The molecule has 0 saturated carbocycles. The first-order valence-electron chi connectivity index (χ1n) is 10.7. The Hall–Kier alpha value is -4.35. The molecule has 2 N–H and O–H groups in total. The minimum atomic E-state index is -3.74. The maximum atomic E-state index is 12.6. The van der Waals surface area contributed by atoms with Crippen LogP contribution in [0.3, 0.4) is 0 Å². The number of esters is 1. The van der Waals surface area contributed by atoms with Gasteiger partial charge in [0.15, 0.2) is 10.9 Å². The van der Waals surface area contributed by atoms with Crippen LogP contribution >= 0.6 is 11.3 Å². The number of carbonyl (C=O) groups is 1. The molecule has 9 nitrogen and oxygen atoms in total. The molecule has 5 aromatic rings. The van der Waals surface area contributed by atoms with Crippen LogP contribution in [-0.4, -0.2) is 36.7 Å². The topological polar surface area (TPSA) is 123 Å². The zero-order valence-electron chi connectivity index (χ0n) is 18.9. The average molecular weight is 518 g/mol. The van der Waals surface area contributed by atoms with Gasteiger partial charge in [0.2, 0.25) is 0 Å². The number of methoxy groups -OCH3 is 1. The van der Waals surface area contributed by atoms with Crippen LogP contribution in [0.5, 0.6) is 0 Å². The Balaban J connectivity index is 1.42. The molecule has 0 aliphatic rings. The van der Waals surface area contributed by atoms with Gasteiger partial charge in [0.05, 0.1) is 17.6 Å². The number of sulfonamides is 1. The predicted molar refractivity (Wildman–Crippen MR) is 139 cm³/mol. The van der Waals surface area contributed by atoms with E-state index >= 15 is 0 Å². The van der Waals surface area contributed by atoms with Crippen molar-refractivity contribution >= 4 is 54.7 Å². The van der Waals surface area contributed by atoms with E-state index in [0.29, 0.717) is 27.9 Å². The number of hydrogen-bond donors (Lipinski definition) is 2. The van der Waals surface area contributed by atoms with Crippen LogP contribution in [-0.2, 0) is 14.8 Å². The van der Waals surface area contributed by atoms with Crippen molar-refractivity contribution in [2.45, 2.75) is 4.90 Å². The summed E-state index contributed by atoms with van der Waals surface area (Å²) in [5.41, 5.74) is 2.57.